The number of Topliss-reactive ketones (excluding diaryl/α,β-unsaturated/α-hetero) is 1. The van der Waals surface area contributed by atoms with Gasteiger partial charge in [0.25, 0.3) is 0 Å². The van der Waals surface area contributed by atoms with Gasteiger partial charge in [0.1, 0.15) is 5.82 Å². The van der Waals surface area contributed by atoms with Crippen LogP contribution in [0.5, 0.6) is 0 Å². The summed E-state index contributed by atoms with van der Waals surface area (Å²) in [6, 6.07) is 6.08. The Kier molecular flexibility index (Phi) is 5.51. The van der Waals surface area contributed by atoms with E-state index in [9.17, 15) is 17.6 Å². The van der Waals surface area contributed by atoms with E-state index in [1.165, 1.54) is 23.9 Å². The Bertz CT molecular complexity index is 969. The van der Waals surface area contributed by atoms with E-state index in [4.69, 9.17) is 11.6 Å². The van der Waals surface area contributed by atoms with Crippen LogP contribution in [0.2, 0.25) is 5.02 Å². The van der Waals surface area contributed by atoms with Crippen LogP contribution in [0.4, 0.5) is 4.39 Å². The molecule has 4 nitrogen and oxygen atoms in total. The van der Waals surface area contributed by atoms with Gasteiger partial charge in [-0.1, -0.05) is 11.6 Å². The summed E-state index contributed by atoms with van der Waals surface area (Å²) in [4.78, 5) is 13.4. The molecule has 0 aliphatic carbocycles. The van der Waals surface area contributed by atoms with Gasteiger partial charge in [0.2, 0.25) is 0 Å². The van der Waals surface area contributed by atoms with Crippen molar-refractivity contribution < 1.29 is 17.6 Å². The molecule has 1 fully saturated rings. The van der Waals surface area contributed by atoms with Crippen LogP contribution in [0.3, 0.4) is 0 Å². The first kappa shape index (κ1) is 19.5. The van der Waals surface area contributed by atoms with Gasteiger partial charge >= 0.3 is 0 Å². The topological polar surface area (TPSA) is 56.1 Å². The van der Waals surface area contributed by atoms with Crippen molar-refractivity contribution in [3.8, 4) is 0 Å². The molecule has 3 rings (SSSR count). The monoisotopic (exact) mass is 415 g/mol. The smallest absolute Gasteiger partial charge is 0.174 e. The van der Waals surface area contributed by atoms with Gasteiger partial charge in [-0.2, -0.15) is 0 Å². The van der Waals surface area contributed by atoms with Crippen LogP contribution in [0.25, 0.3) is 0 Å². The first-order valence-electron chi connectivity index (χ1n) is 8.18. The van der Waals surface area contributed by atoms with Gasteiger partial charge in [0.05, 0.1) is 22.3 Å². The molecule has 0 spiro atoms. The molecule has 1 atom stereocenters. The number of benzene rings is 1. The van der Waals surface area contributed by atoms with Gasteiger partial charge in [0, 0.05) is 27.9 Å². The standard InChI is InChI=1S/C18H19ClFNO3S2/c1-11-7-15(12(2)21(11)13-5-6-26(23,24)10-13)18(22)9-25-14-3-4-17(20)16(19)8-14/h3-4,7-8,13H,5-6,9-10H2,1-2H3. The van der Waals surface area contributed by atoms with E-state index in [0.29, 0.717) is 12.0 Å². The Morgan fingerprint density at radius 2 is 2.08 bits per heavy atom. The Labute approximate surface area is 161 Å². The fraction of sp³-hybridized carbons (Fsp3) is 0.389. The molecule has 1 aliphatic heterocycles. The molecule has 1 aliphatic rings. The average molecular weight is 416 g/mol. The molecule has 26 heavy (non-hydrogen) atoms. The lowest BCUT2D eigenvalue weighted by Gasteiger charge is -2.16. The lowest BCUT2D eigenvalue weighted by molar-refractivity contribution is 0.102. The molecule has 0 radical (unpaired) electrons. The second-order valence-electron chi connectivity index (χ2n) is 6.50. The number of carbonyl (C=O) groups is 1. The maximum Gasteiger partial charge on any atom is 0.174 e. The Morgan fingerprint density at radius 1 is 1.35 bits per heavy atom. The summed E-state index contributed by atoms with van der Waals surface area (Å²) in [6.45, 7) is 3.74. The number of rotatable bonds is 5. The van der Waals surface area contributed by atoms with Crippen molar-refractivity contribution in [3.63, 3.8) is 0 Å². The molecule has 0 saturated carbocycles. The number of hydrogen-bond acceptors (Lipinski definition) is 4. The second kappa shape index (κ2) is 7.37. The summed E-state index contributed by atoms with van der Waals surface area (Å²) < 4.78 is 38.7. The van der Waals surface area contributed by atoms with Crippen LogP contribution < -0.4 is 0 Å². The van der Waals surface area contributed by atoms with Crippen LogP contribution in [-0.2, 0) is 9.84 Å². The number of halogens is 2. The SMILES string of the molecule is Cc1cc(C(=O)CSc2ccc(F)c(Cl)c2)c(C)n1C1CCS(=O)(=O)C1. The third-order valence-corrected chi connectivity index (χ3v) is 7.65. The zero-order valence-corrected chi connectivity index (χ0v) is 16.8. The zero-order chi connectivity index (χ0) is 19.1. The Balaban J connectivity index is 1.76. The predicted octanol–water partition coefficient (Wildman–Crippen LogP) is 4.23. The molecule has 0 bridgehead atoms. The maximum absolute atomic E-state index is 13.2. The zero-order valence-electron chi connectivity index (χ0n) is 14.5. The molecule has 1 unspecified atom stereocenters. The number of hydrogen-bond donors (Lipinski definition) is 0. The molecule has 1 aromatic heterocycles. The van der Waals surface area contributed by atoms with Crippen molar-refractivity contribution in [1.82, 2.24) is 4.57 Å². The molecule has 8 heteroatoms. The van der Waals surface area contributed by atoms with Gasteiger partial charge in [-0.3, -0.25) is 4.79 Å². The van der Waals surface area contributed by atoms with Gasteiger partial charge < -0.3 is 4.57 Å². The van der Waals surface area contributed by atoms with Gasteiger partial charge in [-0.15, -0.1) is 11.8 Å². The van der Waals surface area contributed by atoms with Gasteiger partial charge in [0.15, 0.2) is 15.6 Å². The first-order valence-corrected chi connectivity index (χ1v) is 11.4. The van der Waals surface area contributed by atoms with E-state index >= 15 is 0 Å². The van der Waals surface area contributed by atoms with E-state index in [1.807, 2.05) is 24.5 Å². The number of sulfone groups is 1. The van der Waals surface area contributed by atoms with Crippen LogP contribution in [-0.4, -0.2) is 36.0 Å². The van der Waals surface area contributed by atoms with Crippen LogP contribution in [0.1, 0.15) is 34.2 Å². The minimum absolute atomic E-state index is 0.0306. The maximum atomic E-state index is 13.2. The largest absolute Gasteiger partial charge is 0.344 e. The number of ketones is 1. The first-order chi connectivity index (χ1) is 12.2. The summed E-state index contributed by atoms with van der Waals surface area (Å²) in [5.74, 6) is -0.0122. The molecular formula is C18H19ClFNO3S2. The van der Waals surface area contributed by atoms with Crippen molar-refractivity contribution in [3.05, 3.63) is 52.1 Å². The van der Waals surface area contributed by atoms with E-state index < -0.39 is 15.7 Å². The normalized spacial score (nSPS) is 19.0. The number of aromatic nitrogens is 1. The number of aryl methyl sites for hydroxylation is 1. The van der Waals surface area contributed by atoms with Crippen molar-refractivity contribution in [2.24, 2.45) is 0 Å². The van der Waals surface area contributed by atoms with Crippen LogP contribution in [0, 0.1) is 19.7 Å². The Morgan fingerprint density at radius 3 is 2.69 bits per heavy atom. The average Bonchev–Trinajstić information content (AvgIpc) is 3.07. The Hall–Kier alpha value is -1.31. The van der Waals surface area contributed by atoms with Crippen molar-refractivity contribution in [2.45, 2.75) is 31.2 Å². The van der Waals surface area contributed by atoms with Crippen molar-refractivity contribution in [1.29, 1.82) is 0 Å². The number of carbonyl (C=O) groups excluding carboxylic acids is 1. The highest BCUT2D eigenvalue weighted by Gasteiger charge is 2.31. The van der Waals surface area contributed by atoms with Gasteiger partial charge in [-0.25, -0.2) is 12.8 Å². The third-order valence-electron chi connectivity index (χ3n) is 4.62. The summed E-state index contributed by atoms with van der Waals surface area (Å²) in [7, 11) is -3.00. The molecule has 0 N–H and O–H groups in total. The molecule has 2 aromatic rings. The molecule has 1 saturated heterocycles. The van der Waals surface area contributed by atoms with E-state index in [-0.39, 0.29) is 34.1 Å². The fourth-order valence-electron chi connectivity index (χ4n) is 3.39. The lowest BCUT2D eigenvalue weighted by Crippen LogP contribution is -2.14. The molecule has 140 valence electrons. The quantitative estimate of drug-likeness (QED) is 0.541. The number of nitrogens with zero attached hydrogens (tertiary/aromatic N) is 1. The fourth-order valence-corrected chi connectivity index (χ4v) is 6.16. The third kappa shape index (κ3) is 4.00. The van der Waals surface area contributed by atoms with E-state index in [1.54, 1.807) is 6.07 Å². The second-order valence-corrected chi connectivity index (χ2v) is 10.2. The van der Waals surface area contributed by atoms with Crippen LogP contribution >= 0.6 is 23.4 Å². The summed E-state index contributed by atoms with van der Waals surface area (Å²) in [5, 5.41) is 0.0306. The minimum atomic E-state index is -3.00. The number of thioether (sulfide) groups is 1. The molecule has 2 heterocycles. The molecular weight excluding hydrogens is 397 g/mol. The van der Waals surface area contributed by atoms with Crippen molar-refractivity contribution >= 4 is 39.0 Å². The lowest BCUT2D eigenvalue weighted by atomic mass is 10.2. The minimum Gasteiger partial charge on any atom is -0.344 e. The summed E-state index contributed by atoms with van der Waals surface area (Å²) in [6.07, 6.45) is 0.579. The van der Waals surface area contributed by atoms with Crippen molar-refractivity contribution in [2.75, 3.05) is 17.3 Å². The summed E-state index contributed by atoms with van der Waals surface area (Å²) >= 11 is 7.06. The van der Waals surface area contributed by atoms with E-state index in [0.717, 1.165) is 16.3 Å². The molecule has 0 amide bonds. The van der Waals surface area contributed by atoms with Gasteiger partial charge in [-0.05, 0) is 44.5 Å². The predicted molar refractivity (Wildman–Crippen MR) is 103 cm³/mol. The van der Waals surface area contributed by atoms with Crippen LogP contribution in [0.15, 0.2) is 29.2 Å². The summed E-state index contributed by atoms with van der Waals surface area (Å²) in [5.41, 5.74) is 2.29. The molecule has 1 aromatic carbocycles. The highest BCUT2D eigenvalue weighted by atomic mass is 35.5. The highest BCUT2D eigenvalue weighted by Crippen LogP contribution is 2.30. The van der Waals surface area contributed by atoms with E-state index in [2.05, 4.69) is 0 Å². The highest BCUT2D eigenvalue weighted by molar-refractivity contribution is 8.00.